The van der Waals surface area contributed by atoms with Crippen LogP contribution in [-0.2, 0) is 6.42 Å². The molecule has 1 aromatic carbocycles. The zero-order chi connectivity index (χ0) is 9.82. The first-order valence-electron chi connectivity index (χ1n) is 3.37. The lowest BCUT2D eigenvalue weighted by atomic mass is 10.2. The van der Waals surface area contributed by atoms with Gasteiger partial charge in [-0.3, -0.25) is 21.0 Å². The van der Waals surface area contributed by atoms with Crippen molar-refractivity contribution in [3.8, 4) is 0 Å². The van der Waals surface area contributed by atoms with Gasteiger partial charge < -0.3 is 0 Å². The highest BCUT2D eigenvalue weighted by atomic mass is 17.0. The molecular weight excluding hydrogens is 160 g/mol. The fourth-order valence-electron chi connectivity index (χ4n) is 0.714. The lowest BCUT2D eigenvalue weighted by molar-refractivity contribution is -0.176. The van der Waals surface area contributed by atoms with Crippen LogP contribution in [0.25, 0.3) is 0 Å². The van der Waals surface area contributed by atoms with E-state index in [2.05, 4.69) is 31.2 Å². The molecule has 12 heavy (non-hydrogen) atoms. The van der Waals surface area contributed by atoms with E-state index in [1.807, 2.05) is 6.07 Å². The summed E-state index contributed by atoms with van der Waals surface area (Å²) in [5.41, 5.74) is 1.41. The molecule has 0 atom stereocenters. The zero-order valence-corrected chi connectivity index (χ0v) is 6.88. The van der Waals surface area contributed by atoms with Gasteiger partial charge in [-0.15, -0.1) is 0 Å². The molecule has 0 heterocycles. The van der Waals surface area contributed by atoms with Crippen LogP contribution in [0.2, 0.25) is 0 Å². The van der Waals surface area contributed by atoms with E-state index in [4.69, 9.17) is 21.0 Å². The maximum atomic E-state index is 6.00. The van der Waals surface area contributed by atoms with E-state index >= 15 is 0 Å². The highest BCUT2D eigenvalue weighted by Gasteiger charge is 1.79. The highest BCUT2D eigenvalue weighted by molar-refractivity contribution is 5.13. The average molecular weight is 174 g/mol. The summed E-state index contributed by atoms with van der Waals surface area (Å²) < 4.78 is 0. The second kappa shape index (κ2) is 12.7. The molecule has 0 unspecified atom stereocenters. The molecular formula is C8H14O4. The molecule has 1 aromatic rings. The predicted molar refractivity (Wildman–Crippen MR) is 46.3 cm³/mol. The van der Waals surface area contributed by atoms with Gasteiger partial charge >= 0.3 is 0 Å². The van der Waals surface area contributed by atoms with Crippen molar-refractivity contribution >= 4 is 0 Å². The van der Waals surface area contributed by atoms with Gasteiger partial charge in [0.2, 0.25) is 0 Å². The van der Waals surface area contributed by atoms with Crippen molar-refractivity contribution in [3.05, 3.63) is 35.9 Å². The number of hydrogen-bond donors (Lipinski definition) is 4. The van der Waals surface area contributed by atoms with Crippen LogP contribution < -0.4 is 0 Å². The van der Waals surface area contributed by atoms with Crippen LogP contribution in [0.1, 0.15) is 12.5 Å². The van der Waals surface area contributed by atoms with Crippen LogP contribution >= 0.6 is 0 Å². The van der Waals surface area contributed by atoms with Crippen LogP contribution in [0.5, 0.6) is 0 Å². The highest BCUT2D eigenvalue weighted by Crippen LogP contribution is 1.96. The number of rotatable bonds is 1. The maximum Gasteiger partial charge on any atom is -0.0307 e. The Morgan fingerprint density at radius 2 is 1.33 bits per heavy atom. The van der Waals surface area contributed by atoms with Crippen LogP contribution in [0.15, 0.2) is 30.3 Å². The molecule has 1 rings (SSSR count). The normalized spacial score (nSPS) is 7.08. The summed E-state index contributed by atoms with van der Waals surface area (Å²) in [7, 11) is 0. The third-order valence-corrected chi connectivity index (χ3v) is 1.25. The van der Waals surface area contributed by atoms with Gasteiger partial charge in [0.1, 0.15) is 0 Å². The van der Waals surface area contributed by atoms with E-state index in [9.17, 15) is 0 Å². The van der Waals surface area contributed by atoms with Gasteiger partial charge in [-0.05, 0) is 12.0 Å². The second-order valence-electron chi connectivity index (χ2n) is 1.84. The molecule has 0 saturated heterocycles. The van der Waals surface area contributed by atoms with E-state index in [0.717, 1.165) is 6.42 Å². The first-order valence-corrected chi connectivity index (χ1v) is 3.37. The third kappa shape index (κ3) is 7.17. The third-order valence-electron chi connectivity index (χ3n) is 1.25. The summed E-state index contributed by atoms with van der Waals surface area (Å²) in [6, 6.07) is 10.5. The Morgan fingerprint density at radius 3 is 1.58 bits per heavy atom. The smallest absolute Gasteiger partial charge is 0.0307 e. The standard InChI is InChI=1S/C8H10.2H2O2/c1-2-8-6-4-3-5-7-8;2*1-2/h3-7H,2H2,1H3;2*1-2H. The minimum atomic E-state index is 1.14. The maximum absolute atomic E-state index is 6.00. The quantitative estimate of drug-likeness (QED) is 0.389. The van der Waals surface area contributed by atoms with Gasteiger partial charge in [-0.2, -0.15) is 0 Å². The molecule has 0 aliphatic heterocycles. The van der Waals surface area contributed by atoms with Gasteiger partial charge in [0.05, 0.1) is 0 Å². The Bertz CT molecular complexity index is 152. The van der Waals surface area contributed by atoms with E-state index in [1.54, 1.807) is 0 Å². The van der Waals surface area contributed by atoms with Crippen molar-refractivity contribution in [1.82, 2.24) is 0 Å². The fraction of sp³-hybridized carbons (Fsp3) is 0.250. The zero-order valence-electron chi connectivity index (χ0n) is 6.88. The molecule has 0 amide bonds. The predicted octanol–water partition coefficient (Wildman–Crippen LogP) is 2.28. The minimum Gasteiger partial charge on any atom is -0.255 e. The van der Waals surface area contributed by atoms with Crippen molar-refractivity contribution in [2.24, 2.45) is 0 Å². The summed E-state index contributed by atoms with van der Waals surface area (Å²) >= 11 is 0. The first kappa shape index (κ1) is 13.6. The molecule has 0 radical (unpaired) electrons. The summed E-state index contributed by atoms with van der Waals surface area (Å²) in [4.78, 5) is 0. The summed E-state index contributed by atoms with van der Waals surface area (Å²) in [5.74, 6) is 0. The molecule has 0 fully saturated rings. The van der Waals surface area contributed by atoms with E-state index in [0.29, 0.717) is 0 Å². The minimum absolute atomic E-state index is 1.14. The summed E-state index contributed by atoms with van der Waals surface area (Å²) in [5, 5.41) is 24.0. The van der Waals surface area contributed by atoms with Crippen LogP contribution in [0, 0.1) is 0 Å². The van der Waals surface area contributed by atoms with Crippen molar-refractivity contribution < 1.29 is 21.0 Å². The molecule has 4 heteroatoms. The average Bonchev–Trinajstić information content (AvgIpc) is 2.25. The van der Waals surface area contributed by atoms with Crippen LogP contribution in [0.4, 0.5) is 0 Å². The topological polar surface area (TPSA) is 80.9 Å². The Kier molecular flexibility index (Phi) is 14.4. The van der Waals surface area contributed by atoms with Gasteiger partial charge in [-0.25, -0.2) is 0 Å². The second-order valence-corrected chi connectivity index (χ2v) is 1.84. The number of hydrogen-bond acceptors (Lipinski definition) is 4. The molecule has 70 valence electrons. The summed E-state index contributed by atoms with van der Waals surface area (Å²) in [6.45, 7) is 2.16. The Balaban J connectivity index is 0. The molecule has 4 nitrogen and oxygen atoms in total. The van der Waals surface area contributed by atoms with Gasteiger partial charge in [0.15, 0.2) is 0 Å². The molecule has 0 aromatic heterocycles. The lowest BCUT2D eigenvalue weighted by Gasteiger charge is -1.89. The monoisotopic (exact) mass is 174 g/mol. The number of aryl methyl sites for hydroxylation is 1. The van der Waals surface area contributed by atoms with Crippen LogP contribution in [0.3, 0.4) is 0 Å². The first-order chi connectivity index (χ1) is 5.93. The molecule has 4 N–H and O–H groups in total. The number of benzene rings is 1. The summed E-state index contributed by atoms with van der Waals surface area (Å²) in [6.07, 6.45) is 1.14. The molecule has 0 spiro atoms. The van der Waals surface area contributed by atoms with E-state index in [-0.39, 0.29) is 0 Å². The van der Waals surface area contributed by atoms with Crippen molar-refractivity contribution in [1.29, 1.82) is 0 Å². The molecule has 0 aliphatic carbocycles. The Morgan fingerprint density at radius 1 is 0.917 bits per heavy atom. The lowest BCUT2D eigenvalue weighted by Crippen LogP contribution is -1.73. The molecule has 0 bridgehead atoms. The Hall–Kier alpha value is -0.940. The van der Waals surface area contributed by atoms with E-state index in [1.165, 1.54) is 5.56 Å². The van der Waals surface area contributed by atoms with Gasteiger partial charge in [0, 0.05) is 0 Å². The largest absolute Gasteiger partial charge is 0.255 e. The van der Waals surface area contributed by atoms with Gasteiger partial charge in [0.25, 0.3) is 0 Å². The Labute approximate surface area is 71.2 Å². The van der Waals surface area contributed by atoms with Gasteiger partial charge in [-0.1, -0.05) is 37.3 Å². The van der Waals surface area contributed by atoms with Crippen molar-refractivity contribution in [2.45, 2.75) is 13.3 Å². The van der Waals surface area contributed by atoms with E-state index < -0.39 is 0 Å². The molecule has 0 aliphatic rings. The SMILES string of the molecule is CCc1ccccc1.OO.OO. The fourth-order valence-corrected chi connectivity index (χ4v) is 0.714. The van der Waals surface area contributed by atoms with Crippen molar-refractivity contribution in [3.63, 3.8) is 0 Å². The molecule has 0 saturated carbocycles. The van der Waals surface area contributed by atoms with Crippen LogP contribution in [-0.4, -0.2) is 21.0 Å². The van der Waals surface area contributed by atoms with Crippen molar-refractivity contribution in [2.75, 3.05) is 0 Å².